The second kappa shape index (κ2) is 11.9. The number of carbonyl (C=O) groups is 3. The van der Waals surface area contributed by atoms with E-state index in [0.29, 0.717) is 25.1 Å². The maximum Gasteiger partial charge on any atom is 0.312 e. The van der Waals surface area contributed by atoms with Crippen molar-refractivity contribution in [3.63, 3.8) is 0 Å². The summed E-state index contributed by atoms with van der Waals surface area (Å²) < 4.78 is 0. The van der Waals surface area contributed by atoms with Crippen molar-refractivity contribution in [2.75, 3.05) is 18.9 Å². The van der Waals surface area contributed by atoms with Crippen LogP contribution in [0.3, 0.4) is 0 Å². The molecule has 2 atom stereocenters. The molecule has 7 N–H and O–H groups in total. The molecule has 0 bridgehead atoms. The number of nitrogens with one attached hydrogen (secondary N) is 4. The fourth-order valence-electron chi connectivity index (χ4n) is 2.74. The second-order valence-electron chi connectivity index (χ2n) is 6.85. The summed E-state index contributed by atoms with van der Waals surface area (Å²) in [5, 5.41) is 20.1. The maximum absolute atomic E-state index is 12.7. The van der Waals surface area contributed by atoms with Crippen LogP contribution in [0.2, 0.25) is 0 Å². The van der Waals surface area contributed by atoms with Crippen molar-refractivity contribution in [3.8, 4) is 0 Å². The van der Waals surface area contributed by atoms with Crippen LogP contribution in [-0.2, 0) is 16.2 Å². The Morgan fingerprint density at radius 3 is 2.25 bits per heavy atom. The number of rotatable bonds is 11. The van der Waals surface area contributed by atoms with Crippen molar-refractivity contribution in [3.05, 3.63) is 29.8 Å². The summed E-state index contributed by atoms with van der Waals surface area (Å²) in [6, 6.07) is 4.94. The van der Waals surface area contributed by atoms with Crippen LogP contribution in [0.25, 0.3) is 0 Å². The molecule has 9 heteroatoms. The standard InChI is InChI=1S/C19H31N5O4/c1-12(2)16(21-3)18(27)24-15(5-4-10-22-19(20)28)17(26)23-14-8-6-13(11-25)7-9-14/h6-9,12,15-16,21,25H,4-5,10-11H2,1-3H3,(H,23,26)(H,24,27)(H3,20,22,28)/t15?,16-/m0/s1. The Morgan fingerprint density at radius 2 is 1.75 bits per heavy atom. The lowest BCUT2D eigenvalue weighted by Crippen LogP contribution is -2.52. The number of likely N-dealkylation sites (N-methyl/N-ethyl adjacent to an activating group) is 1. The van der Waals surface area contributed by atoms with E-state index >= 15 is 0 Å². The summed E-state index contributed by atoms with van der Waals surface area (Å²) in [4.78, 5) is 36.0. The van der Waals surface area contributed by atoms with Gasteiger partial charge in [-0.15, -0.1) is 0 Å². The zero-order valence-electron chi connectivity index (χ0n) is 16.6. The van der Waals surface area contributed by atoms with Gasteiger partial charge >= 0.3 is 6.03 Å². The van der Waals surface area contributed by atoms with Crippen molar-refractivity contribution < 1.29 is 19.5 Å². The number of urea groups is 1. The van der Waals surface area contributed by atoms with Gasteiger partial charge in [-0.25, -0.2) is 4.79 Å². The lowest BCUT2D eigenvalue weighted by atomic mass is 10.0. The summed E-state index contributed by atoms with van der Waals surface area (Å²) in [7, 11) is 1.69. The number of carbonyl (C=O) groups excluding carboxylic acids is 3. The zero-order chi connectivity index (χ0) is 21.1. The Kier molecular flexibility index (Phi) is 9.97. The Labute approximate surface area is 165 Å². The third-order valence-electron chi connectivity index (χ3n) is 4.27. The molecule has 1 aromatic carbocycles. The average Bonchev–Trinajstić information content (AvgIpc) is 2.64. The molecule has 0 radical (unpaired) electrons. The summed E-state index contributed by atoms with van der Waals surface area (Å²) in [5.74, 6) is -0.574. The molecule has 0 saturated carbocycles. The normalized spacial score (nSPS) is 12.9. The van der Waals surface area contributed by atoms with Gasteiger partial charge in [-0.05, 0) is 43.5 Å². The van der Waals surface area contributed by atoms with Gasteiger partial charge in [-0.3, -0.25) is 9.59 Å². The molecular formula is C19H31N5O4. The predicted molar refractivity (Wildman–Crippen MR) is 107 cm³/mol. The molecule has 0 fully saturated rings. The molecule has 0 spiro atoms. The molecule has 1 unspecified atom stereocenters. The van der Waals surface area contributed by atoms with E-state index in [1.807, 2.05) is 13.8 Å². The number of aliphatic hydroxyl groups is 1. The Bertz CT molecular complexity index is 648. The first-order valence-corrected chi connectivity index (χ1v) is 9.30. The van der Waals surface area contributed by atoms with E-state index in [1.54, 1.807) is 31.3 Å². The molecule has 1 aromatic rings. The van der Waals surface area contributed by atoms with Crippen LogP contribution < -0.4 is 27.0 Å². The molecular weight excluding hydrogens is 362 g/mol. The second-order valence-corrected chi connectivity index (χ2v) is 6.85. The van der Waals surface area contributed by atoms with Crippen LogP contribution in [0, 0.1) is 5.92 Å². The molecule has 28 heavy (non-hydrogen) atoms. The van der Waals surface area contributed by atoms with Crippen molar-refractivity contribution in [2.45, 2.75) is 45.4 Å². The number of anilines is 1. The first kappa shape index (κ1) is 23.4. The van der Waals surface area contributed by atoms with Crippen molar-refractivity contribution in [1.82, 2.24) is 16.0 Å². The van der Waals surface area contributed by atoms with Gasteiger partial charge in [-0.2, -0.15) is 0 Å². The van der Waals surface area contributed by atoms with E-state index in [1.165, 1.54) is 0 Å². The number of primary amides is 1. The van der Waals surface area contributed by atoms with Gasteiger partial charge in [-0.1, -0.05) is 26.0 Å². The van der Waals surface area contributed by atoms with E-state index < -0.39 is 18.1 Å². The Balaban J connectivity index is 2.80. The molecule has 9 nitrogen and oxygen atoms in total. The first-order chi connectivity index (χ1) is 13.3. The maximum atomic E-state index is 12.7. The quantitative estimate of drug-likeness (QED) is 0.299. The fraction of sp³-hybridized carbons (Fsp3) is 0.526. The highest BCUT2D eigenvalue weighted by Gasteiger charge is 2.26. The third kappa shape index (κ3) is 7.93. The predicted octanol–water partition coefficient (Wildman–Crippen LogP) is 0.295. The van der Waals surface area contributed by atoms with Crippen molar-refractivity contribution >= 4 is 23.5 Å². The topological polar surface area (TPSA) is 146 Å². The van der Waals surface area contributed by atoms with E-state index in [9.17, 15) is 14.4 Å². The van der Waals surface area contributed by atoms with Gasteiger partial charge in [0.05, 0.1) is 12.6 Å². The van der Waals surface area contributed by atoms with Gasteiger partial charge in [0.25, 0.3) is 0 Å². The molecule has 0 heterocycles. The van der Waals surface area contributed by atoms with E-state index in [-0.39, 0.29) is 24.3 Å². The van der Waals surface area contributed by atoms with E-state index in [2.05, 4.69) is 21.3 Å². The van der Waals surface area contributed by atoms with Gasteiger partial charge in [0.15, 0.2) is 0 Å². The highest BCUT2D eigenvalue weighted by molar-refractivity contribution is 5.97. The molecule has 156 valence electrons. The average molecular weight is 393 g/mol. The van der Waals surface area contributed by atoms with Crippen molar-refractivity contribution in [2.24, 2.45) is 11.7 Å². The molecule has 0 aromatic heterocycles. The van der Waals surface area contributed by atoms with Crippen LogP contribution in [0.5, 0.6) is 0 Å². The fourth-order valence-corrected chi connectivity index (χ4v) is 2.74. The largest absolute Gasteiger partial charge is 0.392 e. The zero-order valence-corrected chi connectivity index (χ0v) is 16.6. The number of hydrogen-bond acceptors (Lipinski definition) is 5. The number of hydrogen-bond donors (Lipinski definition) is 6. The summed E-state index contributed by atoms with van der Waals surface area (Å²) in [5.41, 5.74) is 6.33. The van der Waals surface area contributed by atoms with Crippen LogP contribution in [0.15, 0.2) is 24.3 Å². The van der Waals surface area contributed by atoms with Gasteiger partial charge in [0, 0.05) is 12.2 Å². The summed E-state index contributed by atoms with van der Waals surface area (Å²) in [6.07, 6.45) is 0.803. The Hall–Kier alpha value is -2.65. The van der Waals surface area contributed by atoms with E-state index in [4.69, 9.17) is 10.8 Å². The smallest absolute Gasteiger partial charge is 0.312 e. The SMILES string of the molecule is CN[C@H](C(=O)NC(CCCNC(N)=O)C(=O)Nc1ccc(CO)cc1)C(C)C. The van der Waals surface area contributed by atoms with Crippen molar-refractivity contribution in [1.29, 1.82) is 0 Å². The van der Waals surface area contributed by atoms with Crippen LogP contribution in [0.4, 0.5) is 10.5 Å². The van der Waals surface area contributed by atoms with Crippen LogP contribution >= 0.6 is 0 Å². The Morgan fingerprint density at radius 1 is 1.11 bits per heavy atom. The van der Waals surface area contributed by atoms with Crippen LogP contribution in [-0.4, -0.2) is 48.6 Å². The number of aliphatic hydroxyl groups excluding tert-OH is 1. The minimum Gasteiger partial charge on any atom is -0.392 e. The lowest BCUT2D eigenvalue weighted by molar-refractivity contribution is -0.128. The molecule has 1 rings (SSSR count). The van der Waals surface area contributed by atoms with Gasteiger partial charge in [0.1, 0.15) is 6.04 Å². The molecule has 0 aliphatic carbocycles. The lowest BCUT2D eigenvalue weighted by Gasteiger charge is -2.24. The van der Waals surface area contributed by atoms with Gasteiger partial charge < -0.3 is 32.1 Å². The molecule has 0 aliphatic rings. The van der Waals surface area contributed by atoms with Crippen LogP contribution in [0.1, 0.15) is 32.3 Å². The highest BCUT2D eigenvalue weighted by Crippen LogP contribution is 2.11. The number of benzene rings is 1. The number of nitrogens with two attached hydrogens (primary N) is 1. The summed E-state index contributed by atoms with van der Waals surface area (Å²) in [6.45, 7) is 4.05. The van der Waals surface area contributed by atoms with Gasteiger partial charge in [0.2, 0.25) is 11.8 Å². The molecule has 0 aliphatic heterocycles. The monoisotopic (exact) mass is 393 g/mol. The minimum absolute atomic E-state index is 0.0521. The number of amides is 4. The first-order valence-electron chi connectivity index (χ1n) is 9.30. The third-order valence-corrected chi connectivity index (χ3v) is 4.27. The summed E-state index contributed by atoms with van der Waals surface area (Å²) >= 11 is 0. The highest BCUT2D eigenvalue weighted by atomic mass is 16.3. The molecule has 0 saturated heterocycles. The molecule has 4 amide bonds. The minimum atomic E-state index is -0.769. The van der Waals surface area contributed by atoms with E-state index in [0.717, 1.165) is 5.56 Å².